The first-order valence-electron chi connectivity index (χ1n) is 7.47. The smallest absolute Gasteiger partial charge is 0.292 e. The molecule has 0 amide bonds. The number of nitro groups is 1. The third-order valence-electron chi connectivity index (χ3n) is 3.78. The van der Waals surface area contributed by atoms with Crippen LogP contribution in [0.2, 0.25) is 0 Å². The molecule has 1 unspecified atom stereocenters. The molecule has 116 valence electrons. The number of nitro benzene ring substituents is 1. The molecule has 0 aliphatic carbocycles. The van der Waals surface area contributed by atoms with Crippen LogP contribution in [0.4, 0.5) is 11.4 Å². The second-order valence-electron chi connectivity index (χ2n) is 5.48. The first kappa shape index (κ1) is 15.7. The maximum Gasteiger partial charge on any atom is 0.292 e. The molecule has 6 nitrogen and oxygen atoms in total. The monoisotopic (exact) mass is 293 g/mol. The summed E-state index contributed by atoms with van der Waals surface area (Å²) in [4.78, 5) is 12.8. The Bertz CT molecular complexity index is 493. The largest absolute Gasteiger partial charge is 0.393 e. The molecule has 6 heteroatoms. The molecule has 1 heterocycles. The molecule has 2 rings (SSSR count). The van der Waals surface area contributed by atoms with Gasteiger partial charge in [-0.05, 0) is 31.4 Å². The van der Waals surface area contributed by atoms with E-state index in [2.05, 4.69) is 11.8 Å². The first-order chi connectivity index (χ1) is 10.1. The Balaban J connectivity index is 2.01. The van der Waals surface area contributed by atoms with Crippen LogP contribution in [0, 0.1) is 10.1 Å². The lowest BCUT2D eigenvalue weighted by atomic mass is 10.1. The van der Waals surface area contributed by atoms with Gasteiger partial charge < -0.3 is 10.5 Å². The van der Waals surface area contributed by atoms with E-state index in [0.717, 1.165) is 44.5 Å². The molecule has 1 aliphatic rings. The zero-order valence-corrected chi connectivity index (χ0v) is 12.5. The summed E-state index contributed by atoms with van der Waals surface area (Å²) in [6, 6.07) is 5.00. The van der Waals surface area contributed by atoms with Gasteiger partial charge >= 0.3 is 0 Å². The predicted octanol–water partition coefficient (Wildman–Crippen LogP) is 2.57. The molecule has 0 bridgehead atoms. The van der Waals surface area contributed by atoms with Crippen LogP contribution in [0.3, 0.4) is 0 Å². The van der Waals surface area contributed by atoms with Crippen LogP contribution in [0.15, 0.2) is 18.2 Å². The molecule has 1 aromatic carbocycles. The van der Waals surface area contributed by atoms with Gasteiger partial charge in [-0.25, -0.2) is 0 Å². The highest BCUT2D eigenvalue weighted by molar-refractivity contribution is 5.62. The van der Waals surface area contributed by atoms with E-state index in [1.807, 2.05) is 6.07 Å². The third-order valence-corrected chi connectivity index (χ3v) is 3.78. The third kappa shape index (κ3) is 4.15. The Hall–Kier alpha value is -1.66. The van der Waals surface area contributed by atoms with Crippen molar-refractivity contribution >= 4 is 11.4 Å². The number of nitrogen functional groups attached to an aromatic ring is 1. The van der Waals surface area contributed by atoms with Gasteiger partial charge in [-0.3, -0.25) is 15.0 Å². The number of nitrogens with two attached hydrogens (primary N) is 1. The average Bonchev–Trinajstić information content (AvgIpc) is 2.47. The van der Waals surface area contributed by atoms with Crippen molar-refractivity contribution in [2.45, 2.75) is 38.8 Å². The molecule has 1 aliphatic heterocycles. The van der Waals surface area contributed by atoms with Gasteiger partial charge in [0.15, 0.2) is 0 Å². The van der Waals surface area contributed by atoms with Gasteiger partial charge in [0.05, 0.1) is 11.0 Å². The van der Waals surface area contributed by atoms with Gasteiger partial charge in [0.1, 0.15) is 5.69 Å². The van der Waals surface area contributed by atoms with Crippen LogP contribution in [-0.4, -0.2) is 35.6 Å². The van der Waals surface area contributed by atoms with Crippen molar-refractivity contribution in [1.29, 1.82) is 0 Å². The minimum atomic E-state index is -0.428. The normalized spacial score (nSPS) is 19.6. The lowest BCUT2D eigenvalue weighted by Crippen LogP contribution is -2.39. The topological polar surface area (TPSA) is 81.6 Å². The highest BCUT2D eigenvalue weighted by Crippen LogP contribution is 2.27. The fourth-order valence-electron chi connectivity index (χ4n) is 2.71. The molecule has 0 aromatic heterocycles. The summed E-state index contributed by atoms with van der Waals surface area (Å²) in [5.74, 6) is 0. The number of anilines is 1. The van der Waals surface area contributed by atoms with E-state index in [-0.39, 0.29) is 17.5 Å². The number of ether oxygens (including phenoxy) is 1. The molecule has 21 heavy (non-hydrogen) atoms. The number of benzene rings is 1. The van der Waals surface area contributed by atoms with Crippen LogP contribution in [0.1, 0.15) is 31.7 Å². The zero-order valence-electron chi connectivity index (χ0n) is 12.5. The van der Waals surface area contributed by atoms with Crippen molar-refractivity contribution in [3.05, 3.63) is 33.9 Å². The molecule has 0 radical (unpaired) electrons. The Morgan fingerprint density at radius 3 is 3.05 bits per heavy atom. The summed E-state index contributed by atoms with van der Waals surface area (Å²) in [5.41, 5.74) is 7.00. The highest BCUT2D eigenvalue weighted by atomic mass is 16.6. The van der Waals surface area contributed by atoms with Gasteiger partial charge in [0, 0.05) is 25.8 Å². The highest BCUT2D eigenvalue weighted by Gasteiger charge is 2.22. The summed E-state index contributed by atoms with van der Waals surface area (Å²) in [7, 11) is 0. The van der Waals surface area contributed by atoms with E-state index >= 15 is 0 Å². The molecule has 1 fully saturated rings. The average molecular weight is 293 g/mol. The van der Waals surface area contributed by atoms with E-state index in [1.165, 1.54) is 6.07 Å². The maximum absolute atomic E-state index is 10.9. The van der Waals surface area contributed by atoms with Crippen molar-refractivity contribution < 1.29 is 9.66 Å². The van der Waals surface area contributed by atoms with Gasteiger partial charge in [-0.15, -0.1) is 0 Å². The van der Waals surface area contributed by atoms with Gasteiger partial charge in [0.25, 0.3) is 5.69 Å². The number of para-hydroxylation sites is 1. The fourth-order valence-corrected chi connectivity index (χ4v) is 2.71. The van der Waals surface area contributed by atoms with Crippen LogP contribution >= 0.6 is 0 Å². The Kier molecular flexibility index (Phi) is 5.52. The zero-order chi connectivity index (χ0) is 15.2. The number of likely N-dealkylation sites (tertiary alicyclic amines) is 1. The van der Waals surface area contributed by atoms with E-state index in [0.29, 0.717) is 6.54 Å². The summed E-state index contributed by atoms with van der Waals surface area (Å²) in [6.07, 6.45) is 3.46. The van der Waals surface area contributed by atoms with Crippen molar-refractivity contribution in [1.82, 2.24) is 4.90 Å². The standard InChI is InChI=1S/C15H23N3O3/c1-2-9-21-13-6-4-8-17(11-13)10-12-5-3-7-14(15(12)16)18(19)20/h3,5,7,13H,2,4,6,8-11,16H2,1H3. The number of nitrogens with zero attached hydrogens (tertiary/aromatic N) is 2. The van der Waals surface area contributed by atoms with Gasteiger partial charge in [-0.1, -0.05) is 19.1 Å². The Morgan fingerprint density at radius 1 is 1.52 bits per heavy atom. The van der Waals surface area contributed by atoms with Gasteiger partial charge in [-0.2, -0.15) is 0 Å². The molecule has 2 N–H and O–H groups in total. The second kappa shape index (κ2) is 7.38. The molecule has 1 aromatic rings. The second-order valence-corrected chi connectivity index (χ2v) is 5.48. The van der Waals surface area contributed by atoms with Crippen molar-refractivity contribution in [2.24, 2.45) is 0 Å². The number of rotatable bonds is 6. The number of hydrogen-bond acceptors (Lipinski definition) is 5. The first-order valence-corrected chi connectivity index (χ1v) is 7.47. The summed E-state index contributed by atoms with van der Waals surface area (Å²) in [6.45, 7) is 5.37. The molecule has 1 atom stereocenters. The maximum atomic E-state index is 10.9. The summed E-state index contributed by atoms with van der Waals surface area (Å²) < 4.78 is 5.81. The van der Waals surface area contributed by atoms with Crippen LogP contribution in [-0.2, 0) is 11.3 Å². The van der Waals surface area contributed by atoms with Crippen LogP contribution < -0.4 is 5.73 Å². The molecular formula is C15H23N3O3. The summed E-state index contributed by atoms with van der Waals surface area (Å²) >= 11 is 0. The van der Waals surface area contributed by atoms with Gasteiger partial charge in [0.2, 0.25) is 0 Å². The Morgan fingerprint density at radius 2 is 2.33 bits per heavy atom. The van der Waals surface area contributed by atoms with E-state index < -0.39 is 4.92 Å². The van der Waals surface area contributed by atoms with E-state index in [4.69, 9.17) is 10.5 Å². The minimum absolute atomic E-state index is 0.0108. The number of hydrogen-bond donors (Lipinski definition) is 1. The molecule has 1 saturated heterocycles. The van der Waals surface area contributed by atoms with Crippen LogP contribution in [0.5, 0.6) is 0 Å². The van der Waals surface area contributed by atoms with Crippen LogP contribution in [0.25, 0.3) is 0 Å². The lowest BCUT2D eigenvalue weighted by Gasteiger charge is -2.32. The molecular weight excluding hydrogens is 270 g/mol. The molecule has 0 saturated carbocycles. The van der Waals surface area contributed by atoms with Crippen molar-refractivity contribution in [3.8, 4) is 0 Å². The van der Waals surface area contributed by atoms with Crippen molar-refractivity contribution in [3.63, 3.8) is 0 Å². The van der Waals surface area contributed by atoms with E-state index in [9.17, 15) is 10.1 Å². The summed E-state index contributed by atoms with van der Waals surface area (Å²) in [5, 5.41) is 10.9. The molecule has 0 spiro atoms. The van der Waals surface area contributed by atoms with Crippen molar-refractivity contribution in [2.75, 3.05) is 25.4 Å². The quantitative estimate of drug-likeness (QED) is 0.495. The number of piperidine rings is 1. The minimum Gasteiger partial charge on any atom is -0.393 e. The SMILES string of the molecule is CCCOC1CCCN(Cc2cccc([N+](=O)[O-])c2N)C1. The fraction of sp³-hybridized carbons (Fsp3) is 0.600. The predicted molar refractivity (Wildman–Crippen MR) is 82.1 cm³/mol. The Labute approximate surface area is 125 Å². The lowest BCUT2D eigenvalue weighted by molar-refractivity contribution is -0.384. The van der Waals surface area contributed by atoms with E-state index in [1.54, 1.807) is 6.07 Å².